The maximum Gasteiger partial charge on any atom is 0.227 e. The third-order valence-corrected chi connectivity index (χ3v) is 3.97. The Morgan fingerprint density at radius 1 is 1.56 bits per heavy atom. The lowest BCUT2D eigenvalue weighted by Crippen LogP contribution is -2.26. The minimum absolute atomic E-state index is 0.0199. The number of carbonyl (C=O) groups excluding carboxylic acids is 2. The SMILES string of the molecule is CC(=O)c1cc(F)ccc1N1CC(CBr)CC1=O. The van der Waals surface area contributed by atoms with Gasteiger partial charge in [-0.05, 0) is 31.0 Å². The normalized spacial score (nSPS) is 19.4. The van der Waals surface area contributed by atoms with E-state index in [0.29, 0.717) is 18.7 Å². The highest BCUT2D eigenvalue weighted by molar-refractivity contribution is 9.09. The van der Waals surface area contributed by atoms with E-state index in [4.69, 9.17) is 0 Å². The standard InChI is InChI=1S/C13H13BrFNO2/c1-8(17)11-5-10(15)2-3-12(11)16-7-9(6-14)4-13(16)18/h2-3,5,9H,4,6-7H2,1H3. The van der Waals surface area contributed by atoms with E-state index in [0.717, 1.165) is 5.33 Å². The Labute approximate surface area is 113 Å². The second-order valence-electron chi connectivity index (χ2n) is 4.45. The number of Topliss-reactive ketones (excluding diaryl/α,β-unsaturated/α-hetero) is 1. The summed E-state index contributed by atoms with van der Waals surface area (Å²) in [4.78, 5) is 25.0. The molecule has 1 unspecified atom stereocenters. The van der Waals surface area contributed by atoms with E-state index in [9.17, 15) is 14.0 Å². The number of halogens is 2. The number of hydrogen-bond acceptors (Lipinski definition) is 2. The first-order valence-electron chi connectivity index (χ1n) is 5.69. The molecule has 1 aliphatic heterocycles. The van der Waals surface area contributed by atoms with Crippen LogP contribution < -0.4 is 4.90 Å². The van der Waals surface area contributed by atoms with Gasteiger partial charge in [0, 0.05) is 23.9 Å². The molecule has 18 heavy (non-hydrogen) atoms. The number of hydrogen-bond donors (Lipinski definition) is 0. The van der Waals surface area contributed by atoms with Crippen molar-refractivity contribution < 1.29 is 14.0 Å². The van der Waals surface area contributed by atoms with Crippen molar-refractivity contribution in [2.24, 2.45) is 5.92 Å². The lowest BCUT2D eigenvalue weighted by atomic mass is 10.1. The molecule has 1 saturated heterocycles. The monoisotopic (exact) mass is 313 g/mol. The molecule has 0 bridgehead atoms. The van der Waals surface area contributed by atoms with Crippen molar-refractivity contribution in [2.45, 2.75) is 13.3 Å². The molecule has 1 atom stereocenters. The molecular weight excluding hydrogens is 301 g/mol. The first kappa shape index (κ1) is 13.2. The van der Waals surface area contributed by atoms with Gasteiger partial charge in [0.05, 0.1) is 5.69 Å². The third-order valence-electron chi connectivity index (χ3n) is 3.05. The van der Waals surface area contributed by atoms with Gasteiger partial charge in [0.15, 0.2) is 5.78 Å². The third kappa shape index (κ3) is 2.46. The van der Waals surface area contributed by atoms with Crippen LogP contribution in [-0.4, -0.2) is 23.6 Å². The lowest BCUT2D eigenvalue weighted by molar-refractivity contribution is -0.117. The van der Waals surface area contributed by atoms with Crippen LogP contribution in [0.3, 0.4) is 0 Å². The predicted molar refractivity (Wildman–Crippen MR) is 70.7 cm³/mol. The molecule has 1 heterocycles. The minimum Gasteiger partial charge on any atom is -0.311 e. The summed E-state index contributed by atoms with van der Waals surface area (Å²) in [5, 5.41) is 0.742. The molecule has 3 nitrogen and oxygen atoms in total. The van der Waals surface area contributed by atoms with Crippen LogP contribution in [0.15, 0.2) is 18.2 Å². The molecule has 0 aliphatic carbocycles. The van der Waals surface area contributed by atoms with Gasteiger partial charge in [-0.15, -0.1) is 0 Å². The summed E-state index contributed by atoms with van der Waals surface area (Å²) < 4.78 is 13.2. The fourth-order valence-electron chi connectivity index (χ4n) is 2.14. The number of benzene rings is 1. The van der Waals surface area contributed by atoms with Gasteiger partial charge in [-0.3, -0.25) is 9.59 Å². The maximum absolute atomic E-state index is 13.2. The highest BCUT2D eigenvalue weighted by atomic mass is 79.9. The van der Waals surface area contributed by atoms with E-state index in [1.807, 2.05) is 0 Å². The number of anilines is 1. The summed E-state index contributed by atoms with van der Waals surface area (Å²) in [7, 11) is 0. The molecule has 0 spiro atoms. The van der Waals surface area contributed by atoms with Crippen molar-refractivity contribution in [3.63, 3.8) is 0 Å². The Bertz CT molecular complexity index is 504. The average molecular weight is 314 g/mol. The summed E-state index contributed by atoms with van der Waals surface area (Å²) in [5.74, 6) is -0.483. The van der Waals surface area contributed by atoms with Crippen LogP contribution in [0.2, 0.25) is 0 Å². The largest absolute Gasteiger partial charge is 0.311 e. The molecular formula is C13H13BrFNO2. The van der Waals surface area contributed by atoms with Gasteiger partial charge in [0.1, 0.15) is 5.82 Å². The summed E-state index contributed by atoms with van der Waals surface area (Å²) in [6, 6.07) is 3.96. The van der Waals surface area contributed by atoms with Crippen LogP contribution >= 0.6 is 15.9 Å². The Balaban J connectivity index is 2.39. The Kier molecular flexibility index (Phi) is 3.80. The average Bonchev–Trinajstić information content (AvgIpc) is 2.70. The minimum atomic E-state index is -0.465. The fraction of sp³-hybridized carbons (Fsp3) is 0.385. The van der Waals surface area contributed by atoms with Gasteiger partial charge in [0.2, 0.25) is 5.91 Å². The molecule has 0 radical (unpaired) electrons. The van der Waals surface area contributed by atoms with Crippen LogP contribution in [0.5, 0.6) is 0 Å². The van der Waals surface area contributed by atoms with Crippen molar-refractivity contribution in [2.75, 3.05) is 16.8 Å². The van der Waals surface area contributed by atoms with Crippen LogP contribution in [0.25, 0.3) is 0 Å². The first-order valence-corrected chi connectivity index (χ1v) is 6.82. The van der Waals surface area contributed by atoms with Crippen molar-refractivity contribution in [3.05, 3.63) is 29.6 Å². The highest BCUT2D eigenvalue weighted by Crippen LogP contribution is 2.29. The second-order valence-corrected chi connectivity index (χ2v) is 5.09. The first-order chi connectivity index (χ1) is 8.52. The van der Waals surface area contributed by atoms with E-state index in [1.54, 1.807) is 4.90 Å². The number of rotatable bonds is 3. The van der Waals surface area contributed by atoms with Gasteiger partial charge < -0.3 is 4.90 Å². The van der Waals surface area contributed by atoms with Crippen molar-refractivity contribution in [3.8, 4) is 0 Å². The van der Waals surface area contributed by atoms with E-state index < -0.39 is 5.82 Å². The van der Waals surface area contributed by atoms with Crippen LogP contribution in [-0.2, 0) is 4.79 Å². The zero-order chi connectivity index (χ0) is 13.3. The number of amides is 1. The molecule has 1 fully saturated rings. The molecule has 5 heteroatoms. The van der Waals surface area contributed by atoms with Crippen molar-refractivity contribution in [1.29, 1.82) is 0 Å². The van der Waals surface area contributed by atoms with Gasteiger partial charge in [-0.25, -0.2) is 4.39 Å². The molecule has 1 aliphatic rings. The summed E-state index contributed by atoms with van der Waals surface area (Å²) in [6.07, 6.45) is 0.458. The number of carbonyl (C=O) groups is 2. The van der Waals surface area contributed by atoms with Crippen LogP contribution in [0.4, 0.5) is 10.1 Å². The zero-order valence-electron chi connectivity index (χ0n) is 9.95. The van der Waals surface area contributed by atoms with Gasteiger partial charge in [-0.1, -0.05) is 15.9 Å². The summed E-state index contributed by atoms with van der Waals surface area (Å²) >= 11 is 3.36. The molecule has 0 saturated carbocycles. The summed E-state index contributed by atoms with van der Waals surface area (Å²) in [6.45, 7) is 1.94. The number of nitrogens with zero attached hydrogens (tertiary/aromatic N) is 1. The molecule has 0 N–H and O–H groups in total. The molecule has 2 rings (SSSR count). The predicted octanol–water partition coefficient (Wildman–Crippen LogP) is 2.78. The van der Waals surface area contributed by atoms with E-state index >= 15 is 0 Å². The molecule has 1 aromatic rings. The lowest BCUT2D eigenvalue weighted by Gasteiger charge is -2.19. The highest BCUT2D eigenvalue weighted by Gasteiger charge is 2.31. The van der Waals surface area contributed by atoms with Crippen molar-refractivity contribution >= 4 is 33.3 Å². The van der Waals surface area contributed by atoms with E-state index in [-0.39, 0.29) is 23.2 Å². The summed E-state index contributed by atoms with van der Waals surface area (Å²) in [5.41, 5.74) is 0.774. The van der Waals surface area contributed by atoms with Gasteiger partial charge in [0.25, 0.3) is 0 Å². The number of ketones is 1. The Hall–Kier alpha value is -1.23. The molecule has 96 valence electrons. The van der Waals surface area contributed by atoms with Crippen LogP contribution in [0, 0.1) is 11.7 Å². The van der Waals surface area contributed by atoms with Gasteiger partial charge >= 0.3 is 0 Å². The maximum atomic E-state index is 13.2. The Morgan fingerprint density at radius 3 is 2.83 bits per heavy atom. The van der Waals surface area contributed by atoms with Crippen molar-refractivity contribution in [1.82, 2.24) is 0 Å². The fourth-order valence-corrected chi connectivity index (χ4v) is 2.58. The quantitative estimate of drug-likeness (QED) is 0.635. The van der Waals surface area contributed by atoms with E-state index in [2.05, 4.69) is 15.9 Å². The Morgan fingerprint density at radius 2 is 2.28 bits per heavy atom. The number of alkyl halides is 1. The second kappa shape index (κ2) is 5.18. The van der Waals surface area contributed by atoms with E-state index in [1.165, 1.54) is 25.1 Å². The van der Waals surface area contributed by atoms with Gasteiger partial charge in [-0.2, -0.15) is 0 Å². The topological polar surface area (TPSA) is 37.4 Å². The molecule has 1 aromatic carbocycles. The zero-order valence-corrected chi connectivity index (χ0v) is 11.5. The smallest absolute Gasteiger partial charge is 0.227 e. The molecule has 1 amide bonds. The van der Waals surface area contributed by atoms with Crippen LogP contribution in [0.1, 0.15) is 23.7 Å². The molecule has 0 aromatic heterocycles.